The number of hydrogen-bond acceptors (Lipinski definition) is 7. The third kappa shape index (κ3) is 4.08. The molecule has 0 atom stereocenters. The van der Waals surface area contributed by atoms with Gasteiger partial charge in [0.2, 0.25) is 5.91 Å². The summed E-state index contributed by atoms with van der Waals surface area (Å²) in [6.07, 6.45) is 1.09. The highest BCUT2D eigenvalue weighted by molar-refractivity contribution is 8.03. The zero-order chi connectivity index (χ0) is 13.7. The highest BCUT2D eigenvalue weighted by Crippen LogP contribution is 2.29. The van der Waals surface area contributed by atoms with Crippen LogP contribution in [0.3, 0.4) is 0 Å². The molecule has 2 heterocycles. The van der Waals surface area contributed by atoms with Crippen molar-refractivity contribution in [2.75, 3.05) is 24.6 Å². The van der Waals surface area contributed by atoms with E-state index in [9.17, 15) is 9.59 Å². The van der Waals surface area contributed by atoms with Crippen LogP contribution in [0.25, 0.3) is 0 Å². The fourth-order valence-electron chi connectivity index (χ4n) is 1.41. The molecular formula is C10H14N4O2S3. The summed E-state index contributed by atoms with van der Waals surface area (Å²) in [5, 5.41) is 10.7. The molecule has 0 saturated carbocycles. The van der Waals surface area contributed by atoms with E-state index in [0.717, 1.165) is 20.9 Å². The van der Waals surface area contributed by atoms with Crippen molar-refractivity contribution in [3.63, 3.8) is 0 Å². The maximum absolute atomic E-state index is 11.8. The van der Waals surface area contributed by atoms with E-state index in [2.05, 4.69) is 22.4 Å². The van der Waals surface area contributed by atoms with Crippen LogP contribution in [0.1, 0.15) is 13.3 Å². The Morgan fingerprint density at radius 1 is 1.42 bits per heavy atom. The predicted molar refractivity (Wildman–Crippen MR) is 76.8 cm³/mol. The Balaban J connectivity index is 1.80. The second kappa shape index (κ2) is 7.11. The Labute approximate surface area is 123 Å². The van der Waals surface area contributed by atoms with Crippen molar-refractivity contribution in [2.45, 2.75) is 22.0 Å². The van der Waals surface area contributed by atoms with Gasteiger partial charge >= 0.3 is 6.03 Å². The quantitative estimate of drug-likeness (QED) is 0.804. The smallest absolute Gasteiger partial charge is 0.324 e. The number of carbonyl (C=O) groups is 2. The molecule has 1 aromatic heterocycles. The molecule has 6 nitrogen and oxygen atoms in total. The van der Waals surface area contributed by atoms with E-state index >= 15 is 0 Å². The van der Waals surface area contributed by atoms with Crippen LogP contribution in [-0.4, -0.2) is 51.6 Å². The molecule has 0 radical (unpaired) electrons. The zero-order valence-corrected chi connectivity index (χ0v) is 12.9. The molecule has 0 aromatic carbocycles. The number of nitrogens with zero attached hydrogens (tertiary/aromatic N) is 3. The molecular weight excluding hydrogens is 304 g/mol. The summed E-state index contributed by atoms with van der Waals surface area (Å²) in [4.78, 5) is 24.3. The molecule has 0 unspecified atom stereocenters. The SMILES string of the molecule is CCCSc1nnc(SCC(=O)N2CCNC2=O)s1. The Morgan fingerprint density at radius 2 is 2.16 bits per heavy atom. The lowest BCUT2D eigenvalue weighted by Crippen LogP contribution is -2.35. The monoisotopic (exact) mass is 318 g/mol. The van der Waals surface area contributed by atoms with E-state index in [1.54, 1.807) is 11.8 Å². The molecule has 9 heteroatoms. The number of nitrogens with one attached hydrogen (secondary N) is 1. The number of urea groups is 1. The molecule has 104 valence electrons. The first kappa shape index (κ1) is 14.6. The average Bonchev–Trinajstić information content (AvgIpc) is 3.02. The van der Waals surface area contributed by atoms with Crippen molar-refractivity contribution >= 4 is 46.8 Å². The van der Waals surface area contributed by atoms with Gasteiger partial charge in [0.05, 0.1) is 5.75 Å². The second-order valence-electron chi connectivity index (χ2n) is 3.75. The minimum Gasteiger partial charge on any atom is -0.336 e. The van der Waals surface area contributed by atoms with E-state index in [4.69, 9.17) is 0 Å². The molecule has 1 N–H and O–H groups in total. The molecule has 0 aliphatic carbocycles. The van der Waals surface area contributed by atoms with Crippen LogP contribution < -0.4 is 5.32 Å². The largest absolute Gasteiger partial charge is 0.336 e. The lowest BCUT2D eigenvalue weighted by atomic mass is 10.5. The van der Waals surface area contributed by atoms with Gasteiger partial charge in [0.25, 0.3) is 0 Å². The molecule has 1 fully saturated rings. The summed E-state index contributed by atoms with van der Waals surface area (Å²) in [5.41, 5.74) is 0. The van der Waals surface area contributed by atoms with Crippen LogP contribution >= 0.6 is 34.9 Å². The average molecular weight is 318 g/mol. The van der Waals surface area contributed by atoms with Gasteiger partial charge in [-0.3, -0.25) is 9.69 Å². The molecule has 1 aliphatic rings. The van der Waals surface area contributed by atoms with Crippen LogP contribution in [0, 0.1) is 0 Å². The minimum atomic E-state index is -0.304. The van der Waals surface area contributed by atoms with Crippen LogP contribution in [0.5, 0.6) is 0 Å². The number of hydrogen-bond donors (Lipinski definition) is 1. The molecule has 1 aliphatic heterocycles. The third-order valence-corrected chi connectivity index (χ3v) is 5.68. The first-order chi connectivity index (χ1) is 9.20. The molecule has 1 aromatic rings. The summed E-state index contributed by atoms with van der Waals surface area (Å²) < 4.78 is 1.70. The Hall–Kier alpha value is -0.800. The predicted octanol–water partition coefficient (Wildman–Crippen LogP) is 1.68. The Morgan fingerprint density at radius 3 is 2.79 bits per heavy atom. The number of carbonyl (C=O) groups excluding carboxylic acids is 2. The van der Waals surface area contributed by atoms with Crippen molar-refractivity contribution in [3.8, 4) is 0 Å². The van der Waals surface area contributed by atoms with Gasteiger partial charge < -0.3 is 5.32 Å². The van der Waals surface area contributed by atoms with Gasteiger partial charge in [-0.05, 0) is 6.42 Å². The number of aromatic nitrogens is 2. The highest BCUT2D eigenvalue weighted by atomic mass is 32.2. The lowest BCUT2D eigenvalue weighted by molar-refractivity contribution is -0.124. The number of amides is 3. The van der Waals surface area contributed by atoms with Crippen LogP contribution in [0.4, 0.5) is 4.79 Å². The van der Waals surface area contributed by atoms with Crippen molar-refractivity contribution < 1.29 is 9.59 Å². The van der Waals surface area contributed by atoms with Crippen molar-refractivity contribution in [2.24, 2.45) is 0 Å². The normalized spacial score (nSPS) is 14.8. The lowest BCUT2D eigenvalue weighted by Gasteiger charge is -2.10. The second-order valence-corrected chi connectivity index (χ2v) is 7.29. The topological polar surface area (TPSA) is 75.2 Å². The summed E-state index contributed by atoms with van der Waals surface area (Å²) >= 11 is 4.50. The maximum atomic E-state index is 11.8. The highest BCUT2D eigenvalue weighted by Gasteiger charge is 2.26. The molecule has 2 rings (SSSR count). The Kier molecular flexibility index (Phi) is 5.46. The number of thioether (sulfide) groups is 2. The van der Waals surface area contributed by atoms with Gasteiger partial charge in [0.15, 0.2) is 8.68 Å². The van der Waals surface area contributed by atoms with Gasteiger partial charge in [-0.2, -0.15) is 0 Å². The van der Waals surface area contributed by atoms with E-state index in [1.807, 2.05) is 0 Å². The first-order valence-corrected chi connectivity index (χ1v) is 8.66. The third-order valence-electron chi connectivity index (χ3n) is 2.29. The standard InChI is InChI=1S/C10H14N4O2S3/c1-2-5-17-9-12-13-10(19-9)18-6-7(15)14-4-3-11-8(14)16/h2-6H2,1H3,(H,11,16). The molecule has 0 spiro atoms. The maximum Gasteiger partial charge on any atom is 0.324 e. The van der Waals surface area contributed by atoms with Crippen LogP contribution in [-0.2, 0) is 4.79 Å². The fraction of sp³-hybridized carbons (Fsp3) is 0.600. The molecule has 3 amide bonds. The summed E-state index contributed by atoms with van der Waals surface area (Å²) in [6, 6.07) is -0.304. The van der Waals surface area contributed by atoms with Crippen molar-refractivity contribution in [3.05, 3.63) is 0 Å². The fourth-order valence-corrected chi connectivity index (χ4v) is 4.24. The van der Waals surface area contributed by atoms with Crippen molar-refractivity contribution in [1.82, 2.24) is 20.4 Å². The Bertz CT molecular complexity index is 465. The van der Waals surface area contributed by atoms with E-state index in [-0.39, 0.29) is 17.7 Å². The van der Waals surface area contributed by atoms with Crippen LogP contribution in [0.2, 0.25) is 0 Å². The first-order valence-electron chi connectivity index (χ1n) is 5.88. The van der Waals surface area contributed by atoms with Gasteiger partial charge in [0, 0.05) is 18.8 Å². The van der Waals surface area contributed by atoms with Gasteiger partial charge in [-0.25, -0.2) is 4.79 Å². The number of rotatable bonds is 6. The molecule has 1 saturated heterocycles. The van der Waals surface area contributed by atoms with E-state index < -0.39 is 0 Å². The van der Waals surface area contributed by atoms with Crippen LogP contribution in [0.15, 0.2) is 8.68 Å². The van der Waals surface area contributed by atoms with Crippen molar-refractivity contribution in [1.29, 1.82) is 0 Å². The summed E-state index contributed by atoms with van der Waals surface area (Å²) in [5.74, 6) is 1.06. The van der Waals surface area contributed by atoms with Gasteiger partial charge in [-0.1, -0.05) is 41.8 Å². The summed E-state index contributed by atoms with van der Waals surface area (Å²) in [6.45, 7) is 3.10. The van der Waals surface area contributed by atoms with Gasteiger partial charge in [-0.15, -0.1) is 10.2 Å². The molecule has 0 bridgehead atoms. The number of imide groups is 1. The van der Waals surface area contributed by atoms with E-state index in [0.29, 0.717) is 13.1 Å². The minimum absolute atomic E-state index is 0.182. The summed E-state index contributed by atoms with van der Waals surface area (Å²) in [7, 11) is 0. The molecule has 19 heavy (non-hydrogen) atoms. The van der Waals surface area contributed by atoms with E-state index in [1.165, 1.54) is 28.0 Å². The van der Waals surface area contributed by atoms with Gasteiger partial charge in [0.1, 0.15) is 0 Å². The zero-order valence-electron chi connectivity index (χ0n) is 10.4.